The fourth-order valence-corrected chi connectivity index (χ4v) is 2.73. The molecule has 0 spiro atoms. The maximum atomic E-state index is 12.5. The van der Waals surface area contributed by atoms with Gasteiger partial charge in [-0.2, -0.15) is 5.26 Å². The number of aromatic nitrogens is 2. The van der Waals surface area contributed by atoms with Crippen LogP contribution in [0.4, 0.5) is 0 Å². The predicted molar refractivity (Wildman–Crippen MR) is 98.0 cm³/mol. The molecule has 0 saturated carbocycles. The minimum Gasteiger partial charge on any atom is -0.491 e. The van der Waals surface area contributed by atoms with Gasteiger partial charge in [0, 0.05) is 0 Å². The second kappa shape index (κ2) is 7.81. The highest BCUT2D eigenvalue weighted by Gasteiger charge is 2.11. The summed E-state index contributed by atoms with van der Waals surface area (Å²) in [6, 6.07) is 14.7. The lowest BCUT2D eigenvalue weighted by Crippen LogP contribution is -2.30. The number of rotatable bonds is 6. The third kappa shape index (κ3) is 3.90. The van der Waals surface area contributed by atoms with Gasteiger partial charge >= 0.3 is 0 Å². The number of ether oxygens (including phenoxy) is 1. The highest BCUT2D eigenvalue weighted by atomic mass is 16.5. The molecule has 3 aromatic rings. The molecule has 0 radical (unpaired) electrons. The van der Waals surface area contributed by atoms with Gasteiger partial charge < -0.3 is 9.84 Å². The molecular formula is C20H19N3O3. The van der Waals surface area contributed by atoms with Gasteiger partial charge in [-0.05, 0) is 36.2 Å². The Labute approximate surface area is 150 Å². The van der Waals surface area contributed by atoms with E-state index in [-0.39, 0.29) is 18.7 Å². The molecule has 6 heteroatoms. The Bertz CT molecular complexity index is 1000. The molecule has 1 N–H and O–H groups in total. The van der Waals surface area contributed by atoms with E-state index in [1.165, 1.54) is 10.9 Å². The van der Waals surface area contributed by atoms with Crippen LogP contribution in [0.2, 0.25) is 0 Å². The van der Waals surface area contributed by atoms with Crippen LogP contribution in [0.15, 0.2) is 53.6 Å². The highest BCUT2D eigenvalue weighted by Crippen LogP contribution is 2.13. The molecule has 1 unspecified atom stereocenters. The van der Waals surface area contributed by atoms with Crippen molar-refractivity contribution in [1.82, 2.24) is 9.55 Å². The van der Waals surface area contributed by atoms with Gasteiger partial charge in [-0.3, -0.25) is 9.36 Å². The first-order chi connectivity index (χ1) is 12.6. The van der Waals surface area contributed by atoms with Gasteiger partial charge in [0.1, 0.15) is 18.5 Å². The first-order valence-corrected chi connectivity index (χ1v) is 8.30. The molecule has 1 heterocycles. The summed E-state index contributed by atoms with van der Waals surface area (Å²) >= 11 is 0. The zero-order valence-corrected chi connectivity index (χ0v) is 14.4. The number of benzene rings is 2. The number of aryl methyl sites for hydroxylation is 1. The van der Waals surface area contributed by atoms with Gasteiger partial charge in [0.05, 0.1) is 36.3 Å². The monoisotopic (exact) mass is 349 g/mol. The standard InChI is InChI=1S/C20H19N3O3/c1-14-3-2-4-18-19(14)22-13-23(20(18)25)11-16(24)12-26-17-7-5-15(6-8-17)9-10-21/h2-8,13,16,24H,9,11-12H2,1H3. The summed E-state index contributed by atoms with van der Waals surface area (Å²) in [7, 11) is 0. The maximum absolute atomic E-state index is 12.5. The molecule has 3 rings (SSSR count). The summed E-state index contributed by atoms with van der Waals surface area (Å²) < 4.78 is 6.95. The number of hydrogen-bond acceptors (Lipinski definition) is 5. The van der Waals surface area contributed by atoms with E-state index < -0.39 is 6.10 Å². The quantitative estimate of drug-likeness (QED) is 0.737. The van der Waals surface area contributed by atoms with Crippen molar-refractivity contribution in [2.45, 2.75) is 26.0 Å². The Kier molecular flexibility index (Phi) is 5.30. The first kappa shape index (κ1) is 17.6. The Morgan fingerprint density at radius 2 is 2.04 bits per heavy atom. The summed E-state index contributed by atoms with van der Waals surface area (Å²) in [5.74, 6) is 0.602. The van der Waals surface area contributed by atoms with Crippen molar-refractivity contribution in [1.29, 1.82) is 5.26 Å². The van der Waals surface area contributed by atoms with Gasteiger partial charge in [0.25, 0.3) is 5.56 Å². The Balaban J connectivity index is 1.66. The summed E-state index contributed by atoms with van der Waals surface area (Å²) in [6.45, 7) is 2.06. The van der Waals surface area contributed by atoms with Crippen LogP contribution < -0.4 is 10.3 Å². The molecule has 2 aromatic carbocycles. The first-order valence-electron chi connectivity index (χ1n) is 8.30. The lowest BCUT2D eigenvalue weighted by molar-refractivity contribution is 0.0915. The topological polar surface area (TPSA) is 88.1 Å². The molecule has 1 aromatic heterocycles. The van der Waals surface area contributed by atoms with Crippen LogP contribution in [0.1, 0.15) is 11.1 Å². The summed E-state index contributed by atoms with van der Waals surface area (Å²) in [6.07, 6.45) is 0.952. The SMILES string of the molecule is Cc1cccc2c(=O)n(CC(O)COc3ccc(CC#N)cc3)cnc12. The third-order valence-corrected chi connectivity index (χ3v) is 4.11. The Hall–Kier alpha value is -3.17. The number of nitriles is 1. The van der Waals surface area contributed by atoms with E-state index in [1.807, 2.05) is 31.2 Å². The number of fused-ring (bicyclic) bond motifs is 1. The van der Waals surface area contributed by atoms with Gasteiger partial charge in [0.2, 0.25) is 0 Å². The van der Waals surface area contributed by atoms with Crippen molar-refractivity contribution < 1.29 is 9.84 Å². The summed E-state index contributed by atoms with van der Waals surface area (Å²) in [4.78, 5) is 16.9. The number of aliphatic hydroxyl groups is 1. The van der Waals surface area contributed by atoms with E-state index in [4.69, 9.17) is 10.00 Å². The smallest absolute Gasteiger partial charge is 0.261 e. The van der Waals surface area contributed by atoms with Crippen LogP contribution in [0.5, 0.6) is 5.75 Å². The van der Waals surface area contributed by atoms with E-state index in [0.29, 0.717) is 23.1 Å². The largest absolute Gasteiger partial charge is 0.491 e. The van der Waals surface area contributed by atoms with E-state index >= 15 is 0 Å². The average Bonchev–Trinajstić information content (AvgIpc) is 2.64. The van der Waals surface area contributed by atoms with Crippen LogP contribution in [0.3, 0.4) is 0 Å². The highest BCUT2D eigenvalue weighted by molar-refractivity contribution is 5.80. The van der Waals surface area contributed by atoms with E-state index in [2.05, 4.69) is 11.1 Å². The third-order valence-electron chi connectivity index (χ3n) is 4.11. The van der Waals surface area contributed by atoms with Crippen molar-refractivity contribution >= 4 is 10.9 Å². The van der Waals surface area contributed by atoms with Crippen molar-refractivity contribution in [3.8, 4) is 11.8 Å². The second-order valence-corrected chi connectivity index (χ2v) is 6.12. The molecule has 0 aliphatic heterocycles. The maximum Gasteiger partial charge on any atom is 0.261 e. The lowest BCUT2D eigenvalue weighted by atomic mass is 10.1. The van der Waals surface area contributed by atoms with Gasteiger partial charge in [-0.25, -0.2) is 4.98 Å². The van der Waals surface area contributed by atoms with Crippen molar-refractivity contribution in [3.63, 3.8) is 0 Å². The molecule has 26 heavy (non-hydrogen) atoms. The van der Waals surface area contributed by atoms with Crippen molar-refractivity contribution in [2.24, 2.45) is 0 Å². The van der Waals surface area contributed by atoms with E-state index in [1.54, 1.807) is 18.2 Å². The summed E-state index contributed by atoms with van der Waals surface area (Å²) in [5, 5.41) is 19.4. The average molecular weight is 349 g/mol. The molecule has 0 bridgehead atoms. The molecule has 0 aliphatic rings. The number of nitrogens with zero attached hydrogens (tertiary/aromatic N) is 3. The normalized spacial score (nSPS) is 11.9. The molecule has 0 aliphatic carbocycles. The van der Waals surface area contributed by atoms with Crippen LogP contribution in [-0.2, 0) is 13.0 Å². The van der Waals surface area contributed by atoms with Crippen LogP contribution in [-0.4, -0.2) is 27.4 Å². The van der Waals surface area contributed by atoms with Crippen molar-refractivity contribution in [3.05, 3.63) is 70.3 Å². The second-order valence-electron chi connectivity index (χ2n) is 6.12. The van der Waals surface area contributed by atoms with E-state index in [9.17, 15) is 9.90 Å². The number of aliphatic hydroxyl groups excluding tert-OH is 1. The fourth-order valence-electron chi connectivity index (χ4n) is 2.73. The zero-order valence-electron chi connectivity index (χ0n) is 14.4. The number of para-hydroxylation sites is 1. The molecule has 0 fully saturated rings. The van der Waals surface area contributed by atoms with Crippen LogP contribution >= 0.6 is 0 Å². The van der Waals surface area contributed by atoms with Gasteiger partial charge in [0.15, 0.2) is 0 Å². The lowest BCUT2D eigenvalue weighted by Gasteiger charge is -2.14. The van der Waals surface area contributed by atoms with Gasteiger partial charge in [-0.15, -0.1) is 0 Å². The Morgan fingerprint density at radius 1 is 1.27 bits per heavy atom. The molecule has 0 amide bonds. The van der Waals surface area contributed by atoms with Crippen LogP contribution in [0, 0.1) is 18.3 Å². The molecular weight excluding hydrogens is 330 g/mol. The minimum atomic E-state index is -0.851. The fraction of sp³-hybridized carbons (Fsp3) is 0.250. The molecule has 1 atom stereocenters. The molecule has 0 saturated heterocycles. The van der Waals surface area contributed by atoms with Gasteiger partial charge in [-0.1, -0.05) is 24.3 Å². The summed E-state index contributed by atoms with van der Waals surface area (Å²) in [5.41, 5.74) is 2.34. The predicted octanol–water partition coefficient (Wildman–Crippen LogP) is 2.21. The Morgan fingerprint density at radius 3 is 2.77 bits per heavy atom. The molecule has 6 nitrogen and oxygen atoms in total. The van der Waals surface area contributed by atoms with Crippen LogP contribution in [0.25, 0.3) is 10.9 Å². The number of hydrogen-bond donors (Lipinski definition) is 1. The van der Waals surface area contributed by atoms with Crippen molar-refractivity contribution in [2.75, 3.05) is 6.61 Å². The molecule has 132 valence electrons. The zero-order chi connectivity index (χ0) is 18.5. The minimum absolute atomic E-state index is 0.0515. The van der Waals surface area contributed by atoms with E-state index in [0.717, 1.165) is 11.1 Å².